The van der Waals surface area contributed by atoms with Gasteiger partial charge in [0.05, 0.1) is 0 Å². The first-order valence-corrected chi connectivity index (χ1v) is 7.55. The van der Waals surface area contributed by atoms with Gasteiger partial charge in [0.2, 0.25) is 0 Å². The van der Waals surface area contributed by atoms with E-state index in [-0.39, 0.29) is 0 Å². The van der Waals surface area contributed by atoms with E-state index in [9.17, 15) is 0 Å². The Balaban J connectivity index is 1.94. The Morgan fingerprint density at radius 1 is 1.24 bits per heavy atom. The summed E-state index contributed by atoms with van der Waals surface area (Å²) < 4.78 is 1.20. The van der Waals surface area contributed by atoms with Crippen LogP contribution in [0.4, 0.5) is 5.69 Å². The lowest BCUT2D eigenvalue weighted by molar-refractivity contribution is 0.281. The van der Waals surface area contributed by atoms with Crippen molar-refractivity contribution in [2.45, 2.75) is 56.9 Å². The van der Waals surface area contributed by atoms with E-state index in [1.165, 1.54) is 54.2 Å². The van der Waals surface area contributed by atoms with Crippen LogP contribution in [0, 0.1) is 0 Å². The van der Waals surface area contributed by atoms with Crippen LogP contribution in [0.1, 0.15) is 56.9 Å². The molecule has 1 N–H and O–H groups in total. The van der Waals surface area contributed by atoms with Crippen LogP contribution in [0.15, 0.2) is 22.7 Å². The summed E-state index contributed by atoms with van der Waals surface area (Å²) in [5, 5.41) is 3.85. The van der Waals surface area contributed by atoms with Gasteiger partial charge in [-0.2, -0.15) is 0 Å². The van der Waals surface area contributed by atoms with Crippen LogP contribution in [-0.2, 0) is 0 Å². The van der Waals surface area contributed by atoms with Gasteiger partial charge in [-0.3, -0.25) is 0 Å². The fourth-order valence-electron chi connectivity index (χ4n) is 3.65. The number of nitrogens with one attached hydrogen (secondary N) is 1. The van der Waals surface area contributed by atoms with Gasteiger partial charge in [0, 0.05) is 15.7 Å². The Bertz CT molecular complexity index is 421. The summed E-state index contributed by atoms with van der Waals surface area (Å²) in [6, 6.07) is 6.68. The molecule has 1 aliphatic heterocycles. The van der Waals surface area contributed by atoms with E-state index in [1.54, 1.807) is 0 Å². The van der Waals surface area contributed by atoms with Crippen LogP contribution in [0.25, 0.3) is 0 Å². The number of halogens is 1. The number of anilines is 1. The van der Waals surface area contributed by atoms with Gasteiger partial charge in [0.25, 0.3) is 0 Å². The second kappa shape index (κ2) is 4.31. The van der Waals surface area contributed by atoms with Crippen molar-refractivity contribution in [3.05, 3.63) is 28.2 Å². The van der Waals surface area contributed by atoms with E-state index in [0.29, 0.717) is 11.5 Å². The molecule has 1 spiro atoms. The monoisotopic (exact) mass is 293 g/mol. The van der Waals surface area contributed by atoms with Gasteiger partial charge in [-0.05, 0) is 48.9 Å². The Kier molecular flexibility index (Phi) is 2.94. The van der Waals surface area contributed by atoms with Crippen molar-refractivity contribution in [3.63, 3.8) is 0 Å². The van der Waals surface area contributed by atoms with Gasteiger partial charge < -0.3 is 5.32 Å². The highest BCUT2D eigenvalue weighted by molar-refractivity contribution is 9.10. The fraction of sp³-hybridized carbons (Fsp3) is 0.600. The first-order valence-electron chi connectivity index (χ1n) is 6.76. The molecule has 1 aliphatic carbocycles. The first kappa shape index (κ1) is 11.6. The van der Waals surface area contributed by atoms with Crippen molar-refractivity contribution in [2.24, 2.45) is 0 Å². The lowest BCUT2D eigenvalue weighted by atomic mass is 9.72. The highest BCUT2D eigenvalue weighted by Gasteiger charge is 2.37. The fourth-order valence-corrected chi connectivity index (χ4v) is 4.02. The molecule has 1 atom stereocenters. The zero-order valence-electron chi connectivity index (χ0n) is 10.4. The zero-order valence-corrected chi connectivity index (χ0v) is 12.0. The summed E-state index contributed by atoms with van der Waals surface area (Å²) in [5.74, 6) is 0.682. The first-order chi connectivity index (χ1) is 8.19. The Morgan fingerprint density at radius 2 is 2.00 bits per heavy atom. The maximum absolute atomic E-state index is 3.85. The predicted molar refractivity (Wildman–Crippen MR) is 76.6 cm³/mol. The summed E-state index contributed by atoms with van der Waals surface area (Å²) >= 11 is 3.58. The molecule has 0 aromatic heterocycles. The highest BCUT2D eigenvalue weighted by Crippen LogP contribution is 2.45. The van der Waals surface area contributed by atoms with E-state index >= 15 is 0 Å². The summed E-state index contributed by atoms with van der Waals surface area (Å²) in [4.78, 5) is 0. The Labute approximate surface area is 112 Å². The van der Waals surface area contributed by atoms with Gasteiger partial charge >= 0.3 is 0 Å². The summed E-state index contributed by atoms with van der Waals surface area (Å²) in [7, 11) is 0. The topological polar surface area (TPSA) is 12.0 Å². The minimum Gasteiger partial charge on any atom is -0.379 e. The molecule has 1 aromatic carbocycles. The van der Waals surface area contributed by atoms with E-state index in [2.05, 4.69) is 46.4 Å². The van der Waals surface area contributed by atoms with Crippen LogP contribution in [0.3, 0.4) is 0 Å². The van der Waals surface area contributed by atoms with E-state index in [1.807, 2.05) is 0 Å². The predicted octanol–water partition coefficient (Wildman–Crippen LogP) is 5.07. The molecule has 17 heavy (non-hydrogen) atoms. The standard InChI is InChI=1S/C15H20BrN/c1-11-10-15(7-3-2-4-8-15)17-14-6-5-12(16)9-13(11)14/h5-6,9,11,17H,2-4,7-8,10H2,1H3. The maximum Gasteiger partial charge on any atom is 0.0380 e. The van der Waals surface area contributed by atoms with E-state index in [4.69, 9.17) is 0 Å². The van der Waals surface area contributed by atoms with Gasteiger partial charge in [-0.25, -0.2) is 0 Å². The quantitative estimate of drug-likeness (QED) is 0.704. The molecule has 3 rings (SSSR count). The molecule has 0 saturated heterocycles. The third-order valence-corrected chi connectivity index (χ3v) is 4.95. The average Bonchev–Trinajstić information content (AvgIpc) is 2.31. The third kappa shape index (κ3) is 2.12. The molecule has 1 nitrogen and oxygen atoms in total. The van der Waals surface area contributed by atoms with E-state index in [0.717, 1.165) is 0 Å². The lowest BCUT2D eigenvalue weighted by Crippen LogP contribution is -2.44. The van der Waals surface area contributed by atoms with Gasteiger partial charge in [0.1, 0.15) is 0 Å². The molecule has 1 unspecified atom stereocenters. The number of rotatable bonds is 0. The molecule has 1 fully saturated rings. The van der Waals surface area contributed by atoms with Crippen molar-refractivity contribution in [2.75, 3.05) is 5.32 Å². The lowest BCUT2D eigenvalue weighted by Gasteiger charge is -2.45. The van der Waals surface area contributed by atoms with Crippen molar-refractivity contribution < 1.29 is 0 Å². The molecule has 0 amide bonds. The smallest absolute Gasteiger partial charge is 0.0380 e. The minimum absolute atomic E-state index is 0.401. The zero-order chi connectivity index (χ0) is 11.9. The van der Waals surface area contributed by atoms with Crippen LogP contribution in [0.2, 0.25) is 0 Å². The SMILES string of the molecule is CC1CC2(CCCCC2)Nc2ccc(Br)cc21. The summed E-state index contributed by atoms with van der Waals surface area (Å²) in [6.45, 7) is 2.38. The van der Waals surface area contributed by atoms with Crippen molar-refractivity contribution in [1.82, 2.24) is 0 Å². The molecule has 1 heterocycles. The molecular formula is C15H20BrN. The van der Waals surface area contributed by atoms with E-state index < -0.39 is 0 Å². The summed E-state index contributed by atoms with van der Waals surface area (Å²) in [5.41, 5.74) is 3.25. The number of hydrogen-bond donors (Lipinski definition) is 1. The van der Waals surface area contributed by atoms with Crippen LogP contribution in [0.5, 0.6) is 0 Å². The Morgan fingerprint density at radius 3 is 2.76 bits per heavy atom. The normalized spacial score (nSPS) is 26.4. The van der Waals surface area contributed by atoms with Crippen molar-refractivity contribution >= 4 is 21.6 Å². The second-order valence-corrected chi connectivity index (χ2v) is 6.72. The van der Waals surface area contributed by atoms with Gasteiger partial charge in [0.15, 0.2) is 0 Å². The molecule has 0 radical (unpaired) electrons. The van der Waals surface area contributed by atoms with Crippen LogP contribution >= 0.6 is 15.9 Å². The molecule has 2 aliphatic rings. The number of benzene rings is 1. The molecule has 0 bridgehead atoms. The molecular weight excluding hydrogens is 274 g/mol. The van der Waals surface area contributed by atoms with Crippen LogP contribution < -0.4 is 5.32 Å². The maximum atomic E-state index is 3.85. The largest absolute Gasteiger partial charge is 0.379 e. The third-order valence-electron chi connectivity index (χ3n) is 4.45. The van der Waals surface area contributed by atoms with Crippen molar-refractivity contribution in [3.8, 4) is 0 Å². The number of hydrogen-bond acceptors (Lipinski definition) is 1. The minimum atomic E-state index is 0.401. The average molecular weight is 294 g/mol. The van der Waals surface area contributed by atoms with Gasteiger partial charge in [-0.15, -0.1) is 0 Å². The number of fused-ring (bicyclic) bond motifs is 1. The Hall–Kier alpha value is -0.500. The highest BCUT2D eigenvalue weighted by atomic mass is 79.9. The molecule has 1 saturated carbocycles. The van der Waals surface area contributed by atoms with Crippen molar-refractivity contribution in [1.29, 1.82) is 0 Å². The van der Waals surface area contributed by atoms with Crippen LogP contribution in [-0.4, -0.2) is 5.54 Å². The van der Waals surface area contributed by atoms with Gasteiger partial charge in [-0.1, -0.05) is 42.1 Å². The second-order valence-electron chi connectivity index (χ2n) is 5.80. The summed E-state index contributed by atoms with van der Waals surface area (Å²) in [6.07, 6.45) is 8.22. The molecule has 92 valence electrons. The molecule has 2 heteroatoms. The molecule has 1 aromatic rings.